The van der Waals surface area contributed by atoms with Gasteiger partial charge in [-0.25, -0.2) is 9.48 Å². The quantitative estimate of drug-likeness (QED) is 0.448. The maximum Gasteiger partial charge on any atom is 0.337 e. The predicted octanol–water partition coefficient (Wildman–Crippen LogP) is 3.58. The van der Waals surface area contributed by atoms with Crippen molar-refractivity contribution < 1.29 is 9.90 Å². The predicted molar refractivity (Wildman–Crippen MR) is 119 cm³/mol. The topological polar surface area (TPSA) is 144 Å². The summed E-state index contributed by atoms with van der Waals surface area (Å²) >= 11 is 5.99. The van der Waals surface area contributed by atoms with Gasteiger partial charge in [-0.15, -0.1) is 5.10 Å². The fourth-order valence-electron chi connectivity index (χ4n) is 3.74. The molecule has 3 aromatic rings. The molecule has 2 atom stereocenters. The average Bonchev–Trinajstić information content (AvgIpc) is 3.15. The van der Waals surface area contributed by atoms with E-state index in [4.69, 9.17) is 17.3 Å². The van der Waals surface area contributed by atoms with E-state index in [9.17, 15) is 9.90 Å². The second-order valence-corrected chi connectivity index (χ2v) is 8.43. The van der Waals surface area contributed by atoms with Crippen LogP contribution in [0.15, 0.2) is 18.2 Å². The molecule has 164 valence electrons. The first kappa shape index (κ1) is 21.3. The molecule has 1 aromatic carbocycles. The average molecular weight is 445 g/mol. The van der Waals surface area contributed by atoms with Crippen LogP contribution in [-0.4, -0.2) is 48.1 Å². The van der Waals surface area contributed by atoms with E-state index >= 15 is 0 Å². The van der Waals surface area contributed by atoms with E-state index in [1.54, 1.807) is 10.7 Å². The molecule has 0 bridgehead atoms. The number of nitrogens with one attached hydrogen (secondary N) is 2. The van der Waals surface area contributed by atoms with Crippen molar-refractivity contribution in [3.05, 3.63) is 28.8 Å². The Hall–Kier alpha value is -2.98. The van der Waals surface area contributed by atoms with Gasteiger partial charge in [-0.2, -0.15) is 9.97 Å². The maximum atomic E-state index is 11.4. The molecule has 4 rings (SSSR count). The van der Waals surface area contributed by atoms with Crippen molar-refractivity contribution in [3.63, 3.8) is 0 Å². The number of fused-ring (bicyclic) bond motifs is 1. The summed E-state index contributed by atoms with van der Waals surface area (Å²) in [4.78, 5) is 20.7. The van der Waals surface area contributed by atoms with Crippen molar-refractivity contribution in [2.24, 2.45) is 5.73 Å². The zero-order valence-electron chi connectivity index (χ0n) is 17.3. The largest absolute Gasteiger partial charge is 0.478 e. The molecule has 0 saturated heterocycles. The number of carbonyl (C=O) groups is 1. The first-order valence-electron chi connectivity index (χ1n) is 10.3. The van der Waals surface area contributed by atoms with E-state index in [0.717, 1.165) is 25.7 Å². The van der Waals surface area contributed by atoms with E-state index in [1.165, 1.54) is 12.1 Å². The molecule has 1 aliphatic rings. The lowest BCUT2D eigenvalue weighted by Gasteiger charge is -2.29. The molecule has 31 heavy (non-hydrogen) atoms. The first-order valence-corrected chi connectivity index (χ1v) is 10.7. The number of rotatable bonds is 6. The molecule has 2 unspecified atom stereocenters. The number of carboxylic acids is 1. The van der Waals surface area contributed by atoms with Gasteiger partial charge in [0.1, 0.15) is 0 Å². The molecular formula is C20H25ClN8O2. The highest BCUT2D eigenvalue weighted by molar-refractivity contribution is 6.33. The standard InChI is InChI=1S/C20H25ClN8O2/c1-10(2)29-18-16(27-28-29)17(23-11-7-8-13(21)12(9-11)19(30)31)25-20(26-18)24-15-6-4-3-5-14(15)22/h7-10,14-15H,3-6,22H2,1-2H3,(H,30,31)(H2,23,24,25,26). The van der Waals surface area contributed by atoms with Gasteiger partial charge in [0, 0.05) is 17.8 Å². The van der Waals surface area contributed by atoms with Crippen LogP contribution in [0.5, 0.6) is 0 Å². The monoisotopic (exact) mass is 444 g/mol. The Labute approximate surface area is 184 Å². The van der Waals surface area contributed by atoms with Crippen molar-refractivity contribution in [1.29, 1.82) is 0 Å². The summed E-state index contributed by atoms with van der Waals surface area (Å²) in [6.45, 7) is 3.98. The smallest absolute Gasteiger partial charge is 0.337 e. The van der Waals surface area contributed by atoms with Gasteiger partial charge in [0.05, 0.1) is 16.6 Å². The summed E-state index contributed by atoms with van der Waals surface area (Å²) in [5.74, 6) is -0.266. The Balaban J connectivity index is 1.74. The van der Waals surface area contributed by atoms with Crippen LogP contribution in [-0.2, 0) is 0 Å². The first-order chi connectivity index (χ1) is 14.8. The van der Waals surface area contributed by atoms with Gasteiger partial charge in [-0.05, 0) is 44.9 Å². The number of carboxylic acid groups (broad SMARTS) is 1. The summed E-state index contributed by atoms with van der Waals surface area (Å²) in [5.41, 5.74) is 7.86. The molecule has 2 heterocycles. The number of hydrogen-bond acceptors (Lipinski definition) is 8. The Morgan fingerprint density at radius 1 is 1.29 bits per heavy atom. The number of nitrogens with two attached hydrogens (primary N) is 1. The molecular weight excluding hydrogens is 420 g/mol. The number of hydrogen-bond donors (Lipinski definition) is 4. The van der Waals surface area contributed by atoms with Gasteiger partial charge in [0.2, 0.25) is 5.95 Å². The Kier molecular flexibility index (Phi) is 5.92. The van der Waals surface area contributed by atoms with Gasteiger partial charge < -0.3 is 21.5 Å². The highest BCUT2D eigenvalue weighted by Gasteiger charge is 2.24. The molecule has 2 aromatic heterocycles. The minimum Gasteiger partial charge on any atom is -0.478 e. The minimum atomic E-state index is -1.11. The number of aromatic carboxylic acids is 1. The Morgan fingerprint density at radius 3 is 2.77 bits per heavy atom. The van der Waals surface area contributed by atoms with Crippen molar-refractivity contribution in [2.75, 3.05) is 10.6 Å². The van der Waals surface area contributed by atoms with Crippen LogP contribution in [0.3, 0.4) is 0 Å². The normalized spacial score (nSPS) is 19.0. The number of anilines is 3. The summed E-state index contributed by atoms with van der Waals surface area (Å²) in [7, 11) is 0. The molecule has 0 amide bonds. The van der Waals surface area contributed by atoms with Crippen LogP contribution >= 0.6 is 11.6 Å². The fraction of sp³-hybridized carbons (Fsp3) is 0.450. The summed E-state index contributed by atoms with van der Waals surface area (Å²) in [5, 5.41) is 24.5. The SMILES string of the molecule is CC(C)n1nnc2c(Nc3ccc(Cl)c(C(=O)O)c3)nc(NC3CCCCC3N)nc21. The van der Waals surface area contributed by atoms with Gasteiger partial charge in [-0.3, -0.25) is 0 Å². The Morgan fingerprint density at radius 2 is 2.06 bits per heavy atom. The number of benzene rings is 1. The molecule has 11 heteroatoms. The lowest BCUT2D eigenvalue weighted by molar-refractivity contribution is 0.0697. The van der Waals surface area contributed by atoms with Crippen molar-refractivity contribution in [3.8, 4) is 0 Å². The zero-order chi connectivity index (χ0) is 22.1. The summed E-state index contributed by atoms with van der Waals surface area (Å²) in [6.07, 6.45) is 4.14. The van der Waals surface area contributed by atoms with Crippen LogP contribution in [0.4, 0.5) is 17.5 Å². The van der Waals surface area contributed by atoms with Crippen molar-refractivity contribution in [2.45, 2.75) is 57.7 Å². The lowest BCUT2D eigenvalue weighted by atomic mass is 9.91. The van der Waals surface area contributed by atoms with Crippen LogP contribution in [0.2, 0.25) is 5.02 Å². The second kappa shape index (κ2) is 8.64. The molecule has 0 aliphatic heterocycles. The van der Waals surface area contributed by atoms with E-state index in [1.807, 2.05) is 13.8 Å². The number of nitrogens with zero attached hydrogens (tertiary/aromatic N) is 5. The molecule has 1 aliphatic carbocycles. The third-order valence-corrected chi connectivity index (χ3v) is 5.74. The van der Waals surface area contributed by atoms with Gasteiger partial charge >= 0.3 is 5.97 Å². The van der Waals surface area contributed by atoms with Crippen molar-refractivity contribution >= 4 is 46.2 Å². The summed E-state index contributed by atoms with van der Waals surface area (Å²) in [6, 6.07) is 4.82. The van der Waals surface area contributed by atoms with Gasteiger partial charge in [0.25, 0.3) is 0 Å². The number of aromatic nitrogens is 5. The van der Waals surface area contributed by atoms with E-state index < -0.39 is 5.97 Å². The molecule has 0 radical (unpaired) electrons. The second-order valence-electron chi connectivity index (χ2n) is 8.02. The molecule has 0 spiro atoms. The van der Waals surface area contributed by atoms with E-state index in [-0.39, 0.29) is 28.7 Å². The Bertz CT molecular complexity index is 1120. The minimum absolute atomic E-state index is 0.00525. The van der Waals surface area contributed by atoms with E-state index in [2.05, 4.69) is 30.9 Å². The van der Waals surface area contributed by atoms with Gasteiger partial charge in [-0.1, -0.05) is 29.7 Å². The number of halogens is 1. The highest BCUT2D eigenvalue weighted by Crippen LogP contribution is 2.28. The zero-order valence-corrected chi connectivity index (χ0v) is 18.1. The molecule has 10 nitrogen and oxygen atoms in total. The fourth-order valence-corrected chi connectivity index (χ4v) is 3.94. The van der Waals surface area contributed by atoms with Crippen molar-refractivity contribution in [1.82, 2.24) is 25.0 Å². The van der Waals surface area contributed by atoms with Crippen LogP contribution in [0, 0.1) is 0 Å². The third kappa shape index (κ3) is 4.40. The molecule has 5 N–H and O–H groups in total. The van der Waals surface area contributed by atoms with E-state index in [0.29, 0.717) is 28.6 Å². The summed E-state index contributed by atoms with van der Waals surface area (Å²) < 4.78 is 1.72. The van der Waals surface area contributed by atoms with Crippen LogP contribution in [0.25, 0.3) is 11.2 Å². The van der Waals surface area contributed by atoms with Crippen LogP contribution in [0.1, 0.15) is 55.9 Å². The maximum absolute atomic E-state index is 11.4. The van der Waals surface area contributed by atoms with Crippen LogP contribution < -0.4 is 16.4 Å². The molecule has 1 fully saturated rings. The highest BCUT2D eigenvalue weighted by atomic mass is 35.5. The third-order valence-electron chi connectivity index (χ3n) is 5.41. The molecule has 1 saturated carbocycles. The lowest BCUT2D eigenvalue weighted by Crippen LogP contribution is -2.43. The van der Waals surface area contributed by atoms with Gasteiger partial charge in [0.15, 0.2) is 17.0 Å².